The van der Waals surface area contributed by atoms with Gasteiger partial charge >= 0.3 is 0 Å². The third kappa shape index (κ3) is 3.58. The van der Waals surface area contributed by atoms with Crippen molar-refractivity contribution in [1.29, 1.82) is 0 Å². The zero-order valence-corrected chi connectivity index (χ0v) is 17.7. The number of ether oxygens (including phenoxy) is 1. The van der Waals surface area contributed by atoms with E-state index in [1.54, 1.807) is 17.8 Å². The van der Waals surface area contributed by atoms with E-state index in [1.807, 2.05) is 20.2 Å². The fourth-order valence-corrected chi connectivity index (χ4v) is 4.39. The molecule has 0 spiro atoms. The molecule has 3 aromatic heterocycles. The third-order valence-corrected chi connectivity index (χ3v) is 6.10. The summed E-state index contributed by atoms with van der Waals surface area (Å²) in [5.41, 5.74) is 6.06. The summed E-state index contributed by atoms with van der Waals surface area (Å²) < 4.78 is 7.88. The van der Waals surface area contributed by atoms with Crippen LogP contribution in [0.15, 0.2) is 24.5 Å². The summed E-state index contributed by atoms with van der Waals surface area (Å²) in [4.78, 5) is 13.8. The Morgan fingerprint density at radius 3 is 2.93 bits per heavy atom. The number of aromatic nitrogens is 5. The highest BCUT2D eigenvalue weighted by molar-refractivity contribution is 5.69. The van der Waals surface area contributed by atoms with Crippen molar-refractivity contribution in [2.45, 2.75) is 51.6 Å². The van der Waals surface area contributed by atoms with Crippen molar-refractivity contribution in [1.82, 2.24) is 24.7 Å². The van der Waals surface area contributed by atoms with E-state index in [-0.39, 0.29) is 0 Å². The summed E-state index contributed by atoms with van der Waals surface area (Å²) in [5, 5.41) is 14.5. The fraction of sp³-hybridized carbons (Fsp3) is 0.478. The van der Waals surface area contributed by atoms with Gasteiger partial charge in [-0.2, -0.15) is 10.1 Å². The predicted octanol–water partition coefficient (Wildman–Crippen LogP) is 3.31. The van der Waals surface area contributed by atoms with Crippen LogP contribution in [0.5, 0.6) is 5.88 Å². The van der Waals surface area contributed by atoms with Crippen molar-refractivity contribution in [2.24, 2.45) is 13.0 Å². The molecule has 0 radical (unpaired) electrons. The average molecular weight is 406 g/mol. The quantitative estimate of drug-likeness (QED) is 0.677. The minimum Gasteiger partial charge on any atom is -0.477 e. The maximum absolute atomic E-state index is 10.1. The lowest BCUT2D eigenvalue weighted by atomic mass is 10.1. The maximum Gasteiger partial charge on any atom is 0.224 e. The van der Waals surface area contributed by atoms with Crippen molar-refractivity contribution in [3.05, 3.63) is 53.0 Å². The van der Waals surface area contributed by atoms with Gasteiger partial charge in [0.1, 0.15) is 5.82 Å². The Morgan fingerprint density at radius 2 is 2.10 bits per heavy atom. The van der Waals surface area contributed by atoms with E-state index in [4.69, 9.17) is 9.72 Å². The van der Waals surface area contributed by atoms with E-state index in [0.717, 1.165) is 24.0 Å². The van der Waals surface area contributed by atoms with E-state index < -0.39 is 6.10 Å². The van der Waals surface area contributed by atoms with Crippen LogP contribution in [-0.2, 0) is 19.9 Å². The lowest BCUT2D eigenvalue weighted by Crippen LogP contribution is -2.06. The molecule has 0 saturated heterocycles. The van der Waals surface area contributed by atoms with Crippen LogP contribution >= 0.6 is 0 Å². The molecule has 3 heterocycles. The predicted molar refractivity (Wildman–Crippen MR) is 112 cm³/mol. The van der Waals surface area contributed by atoms with Crippen molar-refractivity contribution in [3.63, 3.8) is 0 Å². The third-order valence-electron chi connectivity index (χ3n) is 6.10. The smallest absolute Gasteiger partial charge is 0.224 e. The molecule has 0 amide bonds. The Kier molecular flexibility index (Phi) is 4.77. The monoisotopic (exact) mass is 405 g/mol. The number of aryl methyl sites for hydroxylation is 4. The summed E-state index contributed by atoms with van der Waals surface area (Å²) in [5.74, 6) is 2.12. The van der Waals surface area contributed by atoms with Crippen molar-refractivity contribution in [2.75, 3.05) is 6.61 Å². The first-order valence-electron chi connectivity index (χ1n) is 10.7. The first kappa shape index (κ1) is 19.2. The second-order valence-electron chi connectivity index (χ2n) is 8.52. The van der Waals surface area contributed by atoms with Gasteiger partial charge in [-0.1, -0.05) is 6.07 Å². The molecule has 1 N–H and O–H groups in total. The van der Waals surface area contributed by atoms with Gasteiger partial charge in [0, 0.05) is 48.2 Å². The molecule has 0 aromatic carbocycles. The lowest BCUT2D eigenvalue weighted by molar-refractivity contribution is 0.194. The highest BCUT2D eigenvalue weighted by Gasteiger charge is 2.40. The normalized spacial score (nSPS) is 20.8. The van der Waals surface area contributed by atoms with Gasteiger partial charge in [-0.3, -0.25) is 9.67 Å². The highest BCUT2D eigenvalue weighted by Crippen LogP contribution is 2.47. The second kappa shape index (κ2) is 7.47. The molecule has 30 heavy (non-hydrogen) atoms. The molecular formula is C23H27N5O2. The Bertz CT molecular complexity index is 1090. The number of hydrogen-bond donors (Lipinski definition) is 1. The number of pyridine rings is 1. The Labute approximate surface area is 176 Å². The molecule has 5 rings (SSSR count). The van der Waals surface area contributed by atoms with Crippen LogP contribution in [-0.4, -0.2) is 36.4 Å². The van der Waals surface area contributed by atoms with Crippen LogP contribution in [0.3, 0.4) is 0 Å². The molecule has 3 aromatic rings. The number of aliphatic hydroxyl groups is 1. The van der Waals surface area contributed by atoms with Crippen LogP contribution in [0.2, 0.25) is 0 Å². The van der Waals surface area contributed by atoms with E-state index in [2.05, 4.69) is 27.2 Å². The standard InChI is InChI=1S/C23H27N5O2/c1-13(29)22-19(11-28(3)27-22)18-10-24-14(2)25-23(18)30-12-16-9-17(16)21-8-7-15-5-4-6-20(15)26-21/h7-8,10-11,13,16-17,29H,4-6,9,12H2,1-3H3. The second-order valence-corrected chi connectivity index (χ2v) is 8.52. The minimum atomic E-state index is -0.686. The van der Waals surface area contributed by atoms with Crippen molar-refractivity contribution in [3.8, 4) is 17.0 Å². The van der Waals surface area contributed by atoms with Gasteiger partial charge in [-0.25, -0.2) is 4.98 Å². The van der Waals surface area contributed by atoms with Crippen LogP contribution in [0.25, 0.3) is 11.1 Å². The van der Waals surface area contributed by atoms with Crippen LogP contribution < -0.4 is 4.74 Å². The number of aliphatic hydroxyl groups excluding tert-OH is 1. The van der Waals surface area contributed by atoms with E-state index in [1.165, 1.54) is 29.8 Å². The summed E-state index contributed by atoms with van der Waals surface area (Å²) in [6.45, 7) is 4.15. The lowest BCUT2D eigenvalue weighted by Gasteiger charge is -2.12. The Hall–Kier alpha value is -2.80. The summed E-state index contributed by atoms with van der Waals surface area (Å²) in [6.07, 6.45) is 7.53. The number of fused-ring (bicyclic) bond motifs is 1. The van der Waals surface area contributed by atoms with E-state index >= 15 is 0 Å². The molecule has 3 unspecified atom stereocenters. The van der Waals surface area contributed by atoms with Crippen LogP contribution in [0.1, 0.15) is 60.3 Å². The van der Waals surface area contributed by atoms with E-state index in [0.29, 0.717) is 35.8 Å². The van der Waals surface area contributed by atoms with Crippen molar-refractivity contribution >= 4 is 0 Å². The first-order valence-corrected chi connectivity index (χ1v) is 10.7. The summed E-state index contributed by atoms with van der Waals surface area (Å²) in [7, 11) is 1.84. The molecule has 1 saturated carbocycles. The van der Waals surface area contributed by atoms with Crippen LogP contribution in [0, 0.1) is 12.8 Å². The van der Waals surface area contributed by atoms with Gasteiger partial charge in [0.05, 0.1) is 24.0 Å². The average Bonchev–Trinajstić information content (AvgIpc) is 3.14. The minimum absolute atomic E-state index is 0.449. The maximum atomic E-state index is 10.1. The topological polar surface area (TPSA) is 86.0 Å². The van der Waals surface area contributed by atoms with Crippen LogP contribution in [0.4, 0.5) is 0 Å². The molecule has 7 nitrogen and oxygen atoms in total. The highest BCUT2D eigenvalue weighted by atomic mass is 16.5. The number of nitrogens with zero attached hydrogens (tertiary/aromatic N) is 5. The van der Waals surface area contributed by atoms with Crippen molar-refractivity contribution < 1.29 is 9.84 Å². The molecule has 2 aliphatic carbocycles. The molecule has 1 fully saturated rings. The molecule has 156 valence electrons. The molecule has 0 aliphatic heterocycles. The zero-order chi connectivity index (χ0) is 20.8. The summed E-state index contributed by atoms with van der Waals surface area (Å²) >= 11 is 0. The van der Waals surface area contributed by atoms with Gasteiger partial charge < -0.3 is 9.84 Å². The van der Waals surface area contributed by atoms with Gasteiger partial charge in [0.25, 0.3) is 0 Å². The molecule has 3 atom stereocenters. The van der Waals surface area contributed by atoms with Gasteiger partial charge in [0.2, 0.25) is 5.88 Å². The molecular weight excluding hydrogens is 378 g/mol. The van der Waals surface area contributed by atoms with Gasteiger partial charge in [-0.15, -0.1) is 0 Å². The van der Waals surface area contributed by atoms with Gasteiger partial charge in [0.15, 0.2) is 0 Å². The number of hydrogen-bond acceptors (Lipinski definition) is 6. The Balaban J connectivity index is 1.33. The zero-order valence-electron chi connectivity index (χ0n) is 17.7. The largest absolute Gasteiger partial charge is 0.477 e. The molecule has 0 bridgehead atoms. The molecule has 2 aliphatic rings. The summed E-state index contributed by atoms with van der Waals surface area (Å²) in [6, 6.07) is 4.45. The SMILES string of the molecule is Cc1ncc(-c2cn(C)nc2C(C)O)c(OCC2CC2c2ccc3c(n2)CCC3)n1. The first-order chi connectivity index (χ1) is 14.5. The fourth-order valence-electron chi connectivity index (χ4n) is 4.39. The van der Waals surface area contributed by atoms with E-state index in [9.17, 15) is 5.11 Å². The number of rotatable bonds is 6. The van der Waals surface area contributed by atoms with Gasteiger partial charge in [-0.05, 0) is 51.2 Å². The Morgan fingerprint density at radius 1 is 1.23 bits per heavy atom. The molecule has 7 heteroatoms.